The van der Waals surface area contributed by atoms with E-state index in [0.717, 1.165) is 12.1 Å². The predicted molar refractivity (Wildman–Crippen MR) is 75.3 cm³/mol. The molecule has 0 spiro atoms. The highest BCUT2D eigenvalue weighted by atomic mass is 19.1. The number of carbonyl (C=O) groups excluding carboxylic acids is 1. The van der Waals surface area contributed by atoms with Crippen LogP contribution in [-0.2, 0) is 4.74 Å². The smallest absolute Gasteiger partial charge is 0.410 e. The number of carbonyl (C=O) groups is 2. The molecular weight excluding hydrogens is 293 g/mol. The maximum Gasteiger partial charge on any atom is 0.410 e. The van der Waals surface area contributed by atoms with Crippen LogP contribution in [0.25, 0.3) is 0 Å². The highest BCUT2D eigenvalue weighted by molar-refractivity contribution is 5.90. The summed E-state index contributed by atoms with van der Waals surface area (Å²) in [6.07, 6.45) is 0.384. The number of amides is 1. The number of hydrogen-bond acceptors (Lipinski definition) is 4. The summed E-state index contributed by atoms with van der Waals surface area (Å²) in [5.74, 6) is -1.97. The maximum atomic E-state index is 13.1. The Kier molecular flexibility index (Phi) is 4.00. The minimum Gasteiger partial charge on any atom is -0.478 e. The zero-order chi connectivity index (χ0) is 16.5. The van der Waals surface area contributed by atoms with Crippen molar-refractivity contribution >= 4 is 12.1 Å². The number of alkyl carbamates (subject to hydrolysis) is 1. The van der Waals surface area contributed by atoms with E-state index in [1.807, 2.05) is 0 Å². The zero-order valence-electron chi connectivity index (χ0n) is 12.6. The van der Waals surface area contributed by atoms with Crippen molar-refractivity contribution in [3.63, 3.8) is 0 Å². The SMILES string of the molecule is CC(C)(C)OC(=O)NC1(Oc2ccc(F)cc2C(=O)O)CC1. The van der Waals surface area contributed by atoms with Gasteiger partial charge in [-0.05, 0) is 39.0 Å². The summed E-state index contributed by atoms with van der Waals surface area (Å²) < 4.78 is 23.9. The predicted octanol–water partition coefficient (Wildman–Crippen LogP) is 2.92. The van der Waals surface area contributed by atoms with Crippen molar-refractivity contribution in [2.45, 2.75) is 44.9 Å². The number of ether oxygens (including phenoxy) is 2. The van der Waals surface area contributed by atoms with Crippen molar-refractivity contribution in [3.8, 4) is 5.75 Å². The van der Waals surface area contributed by atoms with Gasteiger partial charge in [0.2, 0.25) is 0 Å². The molecular formula is C15H18FNO5. The summed E-state index contributed by atoms with van der Waals surface area (Å²) in [5, 5.41) is 11.7. The van der Waals surface area contributed by atoms with Gasteiger partial charge in [0.1, 0.15) is 22.7 Å². The molecule has 1 fully saturated rings. The lowest BCUT2D eigenvalue weighted by Crippen LogP contribution is -2.44. The van der Waals surface area contributed by atoms with Gasteiger partial charge in [-0.15, -0.1) is 0 Å². The van der Waals surface area contributed by atoms with Crippen LogP contribution in [0.3, 0.4) is 0 Å². The molecule has 0 heterocycles. The number of hydrogen-bond donors (Lipinski definition) is 2. The van der Waals surface area contributed by atoms with Crippen molar-refractivity contribution in [3.05, 3.63) is 29.6 Å². The molecule has 120 valence electrons. The van der Waals surface area contributed by atoms with E-state index in [-0.39, 0.29) is 11.3 Å². The third-order valence-corrected chi connectivity index (χ3v) is 2.91. The van der Waals surface area contributed by atoms with Crippen molar-refractivity contribution in [2.75, 3.05) is 0 Å². The van der Waals surface area contributed by atoms with Gasteiger partial charge in [0.25, 0.3) is 0 Å². The molecule has 0 unspecified atom stereocenters. The molecule has 0 aliphatic heterocycles. The molecule has 0 atom stereocenters. The molecule has 7 heteroatoms. The normalized spacial score (nSPS) is 15.8. The lowest BCUT2D eigenvalue weighted by atomic mass is 10.2. The standard InChI is InChI=1S/C15H18FNO5/c1-14(2,3)22-13(20)17-15(6-7-15)21-11-5-4-9(16)8-10(11)12(18)19/h4-5,8H,6-7H2,1-3H3,(H,17,20)(H,18,19). The molecule has 0 bridgehead atoms. The van der Waals surface area contributed by atoms with Crippen LogP contribution < -0.4 is 10.1 Å². The summed E-state index contributed by atoms with van der Waals surface area (Å²) in [7, 11) is 0. The van der Waals surface area contributed by atoms with E-state index >= 15 is 0 Å². The van der Waals surface area contributed by atoms with Crippen LogP contribution >= 0.6 is 0 Å². The van der Waals surface area contributed by atoms with Gasteiger partial charge in [0.15, 0.2) is 5.72 Å². The lowest BCUT2D eigenvalue weighted by molar-refractivity contribution is 0.0351. The molecule has 1 aliphatic rings. The molecule has 0 saturated heterocycles. The minimum absolute atomic E-state index is 0.00228. The topological polar surface area (TPSA) is 84.9 Å². The molecule has 1 aromatic rings. The molecule has 1 saturated carbocycles. The van der Waals surface area contributed by atoms with Gasteiger partial charge in [0.05, 0.1) is 0 Å². The monoisotopic (exact) mass is 311 g/mol. The highest BCUT2D eigenvalue weighted by Gasteiger charge is 2.48. The van der Waals surface area contributed by atoms with Crippen LogP contribution in [0.1, 0.15) is 44.0 Å². The van der Waals surface area contributed by atoms with Gasteiger partial charge in [-0.1, -0.05) is 0 Å². The number of nitrogens with one attached hydrogen (secondary N) is 1. The third kappa shape index (κ3) is 4.09. The maximum absolute atomic E-state index is 13.1. The van der Waals surface area contributed by atoms with E-state index in [9.17, 15) is 14.0 Å². The Hall–Kier alpha value is -2.31. The van der Waals surface area contributed by atoms with Gasteiger partial charge in [0, 0.05) is 12.8 Å². The molecule has 1 amide bonds. The Bertz CT molecular complexity index is 604. The van der Waals surface area contributed by atoms with E-state index in [1.54, 1.807) is 20.8 Å². The molecule has 1 aliphatic carbocycles. The molecule has 2 N–H and O–H groups in total. The first-order valence-electron chi connectivity index (χ1n) is 6.83. The van der Waals surface area contributed by atoms with Crippen molar-refractivity contribution in [1.29, 1.82) is 0 Å². The second kappa shape index (κ2) is 5.47. The van der Waals surface area contributed by atoms with E-state index in [4.69, 9.17) is 14.6 Å². The third-order valence-electron chi connectivity index (χ3n) is 2.91. The Balaban J connectivity index is 2.10. The van der Waals surface area contributed by atoms with E-state index in [0.29, 0.717) is 12.8 Å². The number of aromatic carboxylic acids is 1. The quantitative estimate of drug-likeness (QED) is 0.835. The Morgan fingerprint density at radius 2 is 1.95 bits per heavy atom. The molecule has 1 aromatic carbocycles. The first kappa shape index (κ1) is 16.1. The molecule has 22 heavy (non-hydrogen) atoms. The zero-order valence-corrected chi connectivity index (χ0v) is 12.6. The van der Waals surface area contributed by atoms with E-state index < -0.39 is 29.2 Å². The van der Waals surface area contributed by atoms with Gasteiger partial charge < -0.3 is 14.6 Å². The van der Waals surface area contributed by atoms with Crippen LogP contribution in [0.4, 0.5) is 9.18 Å². The lowest BCUT2D eigenvalue weighted by Gasteiger charge is -2.24. The molecule has 6 nitrogen and oxygen atoms in total. The second-order valence-electron chi connectivity index (χ2n) is 6.17. The summed E-state index contributed by atoms with van der Waals surface area (Å²) in [6, 6.07) is 3.21. The number of halogens is 1. The number of carboxylic acids is 1. The van der Waals surface area contributed by atoms with Crippen LogP contribution in [0, 0.1) is 5.82 Å². The summed E-state index contributed by atoms with van der Waals surface area (Å²) in [4.78, 5) is 22.9. The van der Waals surface area contributed by atoms with E-state index in [2.05, 4.69) is 5.32 Å². The fourth-order valence-corrected chi connectivity index (χ4v) is 1.82. The summed E-state index contributed by atoms with van der Waals surface area (Å²) in [6.45, 7) is 5.19. The van der Waals surface area contributed by atoms with Gasteiger partial charge in [-0.2, -0.15) is 0 Å². The molecule has 0 aromatic heterocycles. The van der Waals surface area contributed by atoms with Crippen molar-refractivity contribution in [2.24, 2.45) is 0 Å². The second-order valence-corrected chi connectivity index (χ2v) is 6.17. The first-order valence-corrected chi connectivity index (χ1v) is 6.83. The Morgan fingerprint density at radius 3 is 2.45 bits per heavy atom. The van der Waals surface area contributed by atoms with Crippen LogP contribution in [-0.4, -0.2) is 28.5 Å². The largest absolute Gasteiger partial charge is 0.478 e. The fourth-order valence-electron chi connectivity index (χ4n) is 1.82. The fraction of sp³-hybridized carbons (Fsp3) is 0.467. The minimum atomic E-state index is -1.30. The van der Waals surface area contributed by atoms with Crippen molar-refractivity contribution in [1.82, 2.24) is 5.32 Å². The van der Waals surface area contributed by atoms with Gasteiger partial charge in [-0.25, -0.2) is 14.0 Å². The van der Waals surface area contributed by atoms with Crippen molar-refractivity contribution < 1.29 is 28.6 Å². The number of benzene rings is 1. The first-order chi connectivity index (χ1) is 10.1. The average Bonchev–Trinajstić information content (AvgIpc) is 3.08. The molecule has 2 rings (SSSR count). The highest BCUT2D eigenvalue weighted by Crippen LogP contribution is 2.39. The summed E-state index contributed by atoms with van der Waals surface area (Å²) in [5.41, 5.74) is -1.94. The average molecular weight is 311 g/mol. The van der Waals surface area contributed by atoms with Gasteiger partial charge in [-0.3, -0.25) is 5.32 Å². The Labute approximate surface area is 127 Å². The van der Waals surface area contributed by atoms with Crippen LogP contribution in [0.15, 0.2) is 18.2 Å². The number of rotatable bonds is 4. The van der Waals surface area contributed by atoms with Gasteiger partial charge >= 0.3 is 12.1 Å². The molecule has 0 radical (unpaired) electrons. The number of carboxylic acid groups (broad SMARTS) is 1. The van der Waals surface area contributed by atoms with Crippen LogP contribution in [0.2, 0.25) is 0 Å². The Morgan fingerprint density at radius 1 is 1.32 bits per heavy atom. The van der Waals surface area contributed by atoms with Crippen LogP contribution in [0.5, 0.6) is 5.75 Å². The summed E-state index contributed by atoms with van der Waals surface area (Å²) >= 11 is 0. The van der Waals surface area contributed by atoms with E-state index in [1.165, 1.54) is 6.07 Å².